The van der Waals surface area contributed by atoms with Crippen LogP contribution in [0.3, 0.4) is 0 Å². The van der Waals surface area contributed by atoms with Gasteiger partial charge in [0.25, 0.3) is 0 Å². The number of halogens is 1. The highest BCUT2D eigenvalue weighted by Gasteiger charge is 2.17. The van der Waals surface area contributed by atoms with Crippen LogP contribution >= 0.6 is 0 Å². The van der Waals surface area contributed by atoms with Crippen LogP contribution in [-0.2, 0) is 0 Å². The van der Waals surface area contributed by atoms with Gasteiger partial charge in [-0.2, -0.15) is 0 Å². The van der Waals surface area contributed by atoms with E-state index in [1.165, 1.54) is 12.1 Å². The van der Waals surface area contributed by atoms with E-state index in [0.717, 1.165) is 27.8 Å². The van der Waals surface area contributed by atoms with Gasteiger partial charge in [-0.1, -0.05) is 25.1 Å². The van der Waals surface area contributed by atoms with Gasteiger partial charge in [-0.3, -0.25) is 9.78 Å². The third-order valence-corrected chi connectivity index (χ3v) is 4.48. The van der Waals surface area contributed by atoms with E-state index in [9.17, 15) is 9.18 Å². The molecule has 1 aromatic heterocycles. The average Bonchev–Trinajstić information content (AvgIpc) is 2.61. The fraction of sp³-hybridized carbons (Fsp3) is 0.143. The number of rotatable bonds is 4. The topological polar surface area (TPSA) is 56.0 Å². The zero-order valence-electron chi connectivity index (χ0n) is 14.2. The highest BCUT2D eigenvalue weighted by atomic mass is 19.1. The van der Waals surface area contributed by atoms with E-state index in [1.807, 2.05) is 32.0 Å². The minimum atomic E-state index is -0.470. The quantitative estimate of drug-likeness (QED) is 0.766. The highest BCUT2D eigenvalue weighted by Crippen LogP contribution is 2.32. The fourth-order valence-corrected chi connectivity index (χ4v) is 3.04. The van der Waals surface area contributed by atoms with Crippen LogP contribution in [0.4, 0.5) is 4.39 Å². The Kier molecular flexibility index (Phi) is 4.61. The van der Waals surface area contributed by atoms with E-state index in [0.29, 0.717) is 5.56 Å². The molecule has 0 aliphatic heterocycles. The van der Waals surface area contributed by atoms with Gasteiger partial charge in [0, 0.05) is 23.9 Å². The van der Waals surface area contributed by atoms with E-state index in [1.54, 1.807) is 30.6 Å². The van der Waals surface area contributed by atoms with Crippen molar-refractivity contribution in [3.63, 3.8) is 0 Å². The number of amides is 1. The van der Waals surface area contributed by atoms with Gasteiger partial charge in [0.2, 0.25) is 5.91 Å². The molecule has 0 aliphatic carbocycles. The molecule has 3 nitrogen and oxygen atoms in total. The molecule has 0 radical (unpaired) electrons. The summed E-state index contributed by atoms with van der Waals surface area (Å²) in [6, 6.07) is 13.9. The predicted molar refractivity (Wildman–Crippen MR) is 96.8 cm³/mol. The summed E-state index contributed by atoms with van der Waals surface area (Å²) in [7, 11) is 0. The van der Waals surface area contributed by atoms with E-state index in [-0.39, 0.29) is 11.7 Å². The number of pyridine rings is 1. The molecule has 1 unspecified atom stereocenters. The maximum atomic E-state index is 13.2. The summed E-state index contributed by atoms with van der Waals surface area (Å²) >= 11 is 0. The van der Waals surface area contributed by atoms with Crippen LogP contribution in [0.2, 0.25) is 0 Å². The van der Waals surface area contributed by atoms with Crippen LogP contribution in [0.15, 0.2) is 60.9 Å². The predicted octanol–water partition coefficient (Wildman–Crippen LogP) is 4.45. The van der Waals surface area contributed by atoms with E-state index < -0.39 is 5.91 Å². The largest absolute Gasteiger partial charge is 0.366 e. The van der Waals surface area contributed by atoms with Crippen LogP contribution in [0.5, 0.6) is 0 Å². The lowest BCUT2D eigenvalue weighted by Gasteiger charge is -2.18. The number of nitrogens with two attached hydrogens (primary N) is 1. The number of hydrogen-bond donors (Lipinski definition) is 1. The Labute approximate surface area is 146 Å². The second kappa shape index (κ2) is 6.85. The normalized spacial score (nSPS) is 12.0. The Bertz CT molecular complexity index is 919. The minimum Gasteiger partial charge on any atom is -0.366 e. The van der Waals surface area contributed by atoms with Crippen LogP contribution < -0.4 is 5.73 Å². The van der Waals surface area contributed by atoms with Crippen molar-refractivity contribution in [3.8, 4) is 11.1 Å². The molecule has 0 saturated carbocycles. The summed E-state index contributed by atoms with van der Waals surface area (Å²) < 4.78 is 13.2. The molecule has 0 aliphatic rings. The molecule has 1 atom stereocenters. The van der Waals surface area contributed by atoms with Crippen molar-refractivity contribution in [2.45, 2.75) is 19.8 Å². The number of nitrogens with zero attached hydrogens (tertiary/aromatic N) is 1. The number of benzene rings is 2. The molecule has 0 fully saturated rings. The molecule has 0 saturated heterocycles. The molecule has 2 aromatic carbocycles. The molecule has 0 bridgehead atoms. The van der Waals surface area contributed by atoms with Gasteiger partial charge < -0.3 is 5.73 Å². The van der Waals surface area contributed by atoms with Crippen LogP contribution in [0.1, 0.15) is 39.9 Å². The van der Waals surface area contributed by atoms with Crippen molar-refractivity contribution in [2.75, 3.05) is 0 Å². The standard InChI is InChI=1S/C21H19FN2O/c1-13-12-24-10-9-18(13)16-5-8-19(21(23)25)20(11-16)14(2)15-3-6-17(22)7-4-15/h3-12,14H,1-2H3,(H2,23,25). The number of carbonyl (C=O) groups is 1. The van der Waals surface area contributed by atoms with Crippen molar-refractivity contribution in [1.29, 1.82) is 0 Å². The van der Waals surface area contributed by atoms with Gasteiger partial charge in [-0.25, -0.2) is 4.39 Å². The molecule has 1 heterocycles. The monoisotopic (exact) mass is 334 g/mol. The molecule has 3 aromatic rings. The third-order valence-electron chi connectivity index (χ3n) is 4.48. The molecular weight excluding hydrogens is 315 g/mol. The van der Waals surface area contributed by atoms with E-state index in [2.05, 4.69) is 4.98 Å². The first-order chi connectivity index (χ1) is 12.0. The number of carbonyl (C=O) groups excluding carboxylic acids is 1. The molecule has 1 amide bonds. The second-order valence-corrected chi connectivity index (χ2v) is 6.13. The number of aromatic nitrogens is 1. The van der Waals surface area contributed by atoms with Crippen LogP contribution in [0, 0.1) is 12.7 Å². The highest BCUT2D eigenvalue weighted by molar-refractivity contribution is 5.95. The molecule has 3 rings (SSSR count). The van der Waals surface area contributed by atoms with Gasteiger partial charge in [0.1, 0.15) is 5.82 Å². The van der Waals surface area contributed by atoms with Crippen molar-refractivity contribution >= 4 is 5.91 Å². The Morgan fingerprint density at radius 3 is 2.48 bits per heavy atom. The number of primary amides is 1. The fourth-order valence-electron chi connectivity index (χ4n) is 3.04. The Morgan fingerprint density at radius 2 is 1.84 bits per heavy atom. The lowest BCUT2D eigenvalue weighted by atomic mass is 9.87. The average molecular weight is 334 g/mol. The van der Waals surface area contributed by atoms with Crippen molar-refractivity contribution in [2.24, 2.45) is 5.73 Å². The smallest absolute Gasteiger partial charge is 0.248 e. The van der Waals surface area contributed by atoms with Crippen molar-refractivity contribution < 1.29 is 9.18 Å². The second-order valence-electron chi connectivity index (χ2n) is 6.13. The van der Waals surface area contributed by atoms with Crippen LogP contribution in [-0.4, -0.2) is 10.9 Å². The summed E-state index contributed by atoms with van der Waals surface area (Å²) in [4.78, 5) is 16.0. The molecule has 126 valence electrons. The Hall–Kier alpha value is -3.01. The van der Waals surface area contributed by atoms with Crippen molar-refractivity contribution in [1.82, 2.24) is 4.98 Å². The lowest BCUT2D eigenvalue weighted by Crippen LogP contribution is -2.15. The van der Waals surface area contributed by atoms with Gasteiger partial charge in [0.15, 0.2) is 0 Å². The Balaban J connectivity index is 2.12. The van der Waals surface area contributed by atoms with Crippen LogP contribution in [0.25, 0.3) is 11.1 Å². The molecular formula is C21H19FN2O. The summed E-state index contributed by atoms with van der Waals surface area (Å²) in [5.74, 6) is -0.848. The minimum absolute atomic E-state index is 0.0924. The number of aryl methyl sites for hydroxylation is 1. The van der Waals surface area contributed by atoms with Crippen molar-refractivity contribution in [3.05, 3.63) is 89.0 Å². The first kappa shape index (κ1) is 16.8. The first-order valence-corrected chi connectivity index (χ1v) is 8.07. The Morgan fingerprint density at radius 1 is 1.12 bits per heavy atom. The van der Waals surface area contributed by atoms with Gasteiger partial charge in [-0.05, 0) is 65.1 Å². The summed E-state index contributed by atoms with van der Waals surface area (Å²) in [6.07, 6.45) is 3.55. The van der Waals surface area contributed by atoms with Gasteiger partial charge in [0.05, 0.1) is 0 Å². The lowest BCUT2D eigenvalue weighted by molar-refractivity contribution is 0.0999. The summed E-state index contributed by atoms with van der Waals surface area (Å²) in [5.41, 5.74) is 10.9. The summed E-state index contributed by atoms with van der Waals surface area (Å²) in [6.45, 7) is 3.98. The van der Waals surface area contributed by atoms with E-state index >= 15 is 0 Å². The SMILES string of the molecule is Cc1cnccc1-c1ccc(C(N)=O)c(C(C)c2ccc(F)cc2)c1. The molecule has 0 spiro atoms. The summed E-state index contributed by atoms with van der Waals surface area (Å²) in [5, 5.41) is 0. The first-order valence-electron chi connectivity index (χ1n) is 8.07. The zero-order chi connectivity index (χ0) is 18.0. The van der Waals surface area contributed by atoms with Gasteiger partial charge in [-0.15, -0.1) is 0 Å². The third kappa shape index (κ3) is 3.43. The maximum absolute atomic E-state index is 13.2. The molecule has 4 heteroatoms. The van der Waals surface area contributed by atoms with Gasteiger partial charge >= 0.3 is 0 Å². The zero-order valence-corrected chi connectivity index (χ0v) is 14.2. The molecule has 25 heavy (non-hydrogen) atoms. The maximum Gasteiger partial charge on any atom is 0.248 e. The van der Waals surface area contributed by atoms with E-state index in [4.69, 9.17) is 5.73 Å². The number of hydrogen-bond acceptors (Lipinski definition) is 2. The molecule has 2 N–H and O–H groups in total.